The van der Waals surface area contributed by atoms with E-state index in [1.54, 1.807) is 11.8 Å². The number of piperidine rings is 1. The minimum Gasteiger partial charge on any atom is -0.339 e. The van der Waals surface area contributed by atoms with Gasteiger partial charge in [0, 0.05) is 37.8 Å². The summed E-state index contributed by atoms with van der Waals surface area (Å²) in [6.07, 6.45) is 2.85. The number of fused-ring (bicyclic) bond motifs is 1. The van der Waals surface area contributed by atoms with E-state index in [4.69, 9.17) is 0 Å². The van der Waals surface area contributed by atoms with Gasteiger partial charge in [0.25, 0.3) is 5.91 Å². The van der Waals surface area contributed by atoms with Gasteiger partial charge in [-0.15, -0.1) is 0 Å². The zero-order chi connectivity index (χ0) is 18.1. The Kier molecular flexibility index (Phi) is 4.49. The van der Waals surface area contributed by atoms with Crippen molar-refractivity contribution in [3.63, 3.8) is 0 Å². The zero-order valence-corrected chi connectivity index (χ0v) is 15.1. The molecule has 1 fully saturated rings. The van der Waals surface area contributed by atoms with E-state index in [2.05, 4.69) is 24.3 Å². The first-order valence-electron chi connectivity index (χ1n) is 9.39. The Morgan fingerprint density at radius 3 is 2.38 bits per heavy atom. The van der Waals surface area contributed by atoms with Crippen LogP contribution >= 0.6 is 0 Å². The van der Waals surface area contributed by atoms with Crippen molar-refractivity contribution in [2.75, 3.05) is 24.5 Å². The van der Waals surface area contributed by atoms with Crippen molar-refractivity contribution >= 4 is 17.5 Å². The Balaban J connectivity index is 1.44. The Bertz CT molecular complexity index is 823. The molecule has 0 saturated carbocycles. The molecule has 4 nitrogen and oxygen atoms in total. The summed E-state index contributed by atoms with van der Waals surface area (Å²) >= 11 is 0. The normalized spacial score (nSPS) is 17.3. The maximum absolute atomic E-state index is 12.9. The molecule has 0 aliphatic carbocycles. The summed E-state index contributed by atoms with van der Waals surface area (Å²) in [6.45, 7) is 3.90. The van der Waals surface area contributed by atoms with Crippen LogP contribution in [0.15, 0.2) is 48.5 Å². The highest BCUT2D eigenvalue weighted by molar-refractivity contribution is 5.98. The van der Waals surface area contributed by atoms with Crippen LogP contribution in [-0.2, 0) is 11.2 Å². The monoisotopic (exact) mass is 348 g/mol. The van der Waals surface area contributed by atoms with Gasteiger partial charge in [0.2, 0.25) is 5.91 Å². The Morgan fingerprint density at radius 1 is 0.962 bits per heavy atom. The largest absolute Gasteiger partial charge is 0.339 e. The molecule has 0 unspecified atom stereocenters. The minimum absolute atomic E-state index is 0.0609. The molecule has 0 bridgehead atoms. The third kappa shape index (κ3) is 3.12. The van der Waals surface area contributed by atoms with Crippen LogP contribution in [0.4, 0.5) is 5.69 Å². The predicted octanol–water partition coefficient (Wildman–Crippen LogP) is 3.62. The fraction of sp³-hybridized carbons (Fsp3) is 0.364. The van der Waals surface area contributed by atoms with E-state index in [-0.39, 0.29) is 11.8 Å². The second-order valence-corrected chi connectivity index (χ2v) is 7.24. The van der Waals surface area contributed by atoms with Crippen LogP contribution < -0.4 is 4.90 Å². The van der Waals surface area contributed by atoms with Crippen molar-refractivity contribution in [1.29, 1.82) is 0 Å². The predicted molar refractivity (Wildman–Crippen MR) is 102 cm³/mol. The van der Waals surface area contributed by atoms with Crippen molar-refractivity contribution in [3.05, 3.63) is 65.2 Å². The quantitative estimate of drug-likeness (QED) is 0.832. The molecule has 0 aromatic heterocycles. The number of anilines is 1. The summed E-state index contributed by atoms with van der Waals surface area (Å²) in [5.41, 5.74) is 4.18. The highest BCUT2D eigenvalue weighted by Crippen LogP contribution is 2.31. The summed E-state index contributed by atoms with van der Waals surface area (Å²) in [6, 6.07) is 16.4. The van der Waals surface area contributed by atoms with Crippen LogP contribution in [0, 0.1) is 0 Å². The molecule has 4 heteroatoms. The Morgan fingerprint density at radius 2 is 1.69 bits per heavy atom. The second kappa shape index (κ2) is 6.94. The van der Waals surface area contributed by atoms with Crippen molar-refractivity contribution < 1.29 is 9.59 Å². The van der Waals surface area contributed by atoms with Crippen LogP contribution in [0.25, 0.3) is 0 Å². The van der Waals surface area contributed by atoms with Crippen LogP contribution in [0.5, 0.6) is 0 Å². The summed E-state index contributed by atoms with van der Waals surface area (Å²) in [5, 5.41) is 0. The molecule has 26 heavy (non-hydrogen) atoms. The molecule has 0 N–H and O–H groups in total. The lowest BCUT2D eigenvalue weighted by molar-refractivity contribution is -0.116. The van der Waals surface area contributed by atoms with Gasteiger partial charge in [-0.25, -0.2) is 0 Å². The number of benzene rings is 2. The fourth-order valence-electron chi connectivity index (χ4n) is 4.19. The van der Waals surface area contributed by atoms with Crippen molar-refractivity contribution in [2.24, 2.45) is 0 Å². The van der Waals surface area contributed by atoms with Crippen molar-refractivity contribution in [1.82, 2.24) is 4.90 Å². The lowest BCUT2D eigenvalue weighted by Gasteiger charge is -2.32. The zero-order valence-electron chi connectivity index (χ0n) is 15.1. The number of amides is 2. The molecule has 0 atom stereocenters. The fourth-order valence-corrected chi connectivity index (χ4v) is 4.19. The lowest BCUT2D eigenvalue weighted by Crippen LogP contribution is -2.38. The third-order valence-electron chi connectivity index (χ3n) is 5.66. The maximum atomic E-state index is 12.9. The van der Waals surface area contributed by atoms with Crippen LogP contribution in [0.3, 0.4) is 0 Å². The molecular weight excluding hydrogens is 324 g/mol. The number of rotatable bonds is 2. The molecule has 134 valence electrons. The number of hydrogen-bond acceptors (Lipinski definition) is 2. The minimum atomic E-state index is 0.0609. The molecule has 2 amide bonds. The molecular formula is C22H24N2O2. The van der Waals surface area contributed by atoms with E-state index in [1.807, 2.05) is 29.2 Å². The first-order valence-corrected chi connectivity index (χ1v) is 9.39. The first kappa shape index (κ1) is 16.8. The number of hydrogen-bond donors (Lipinski definition) is 0. The lowest BCUT2D eigenvalue weighted by atomic mass is 9.89. The standard InChI is InChI=1S/C22H24N2O2/c1-16(25)24-14-11-19-15-20(7-8-21(19)24)22(26)23-12-9-18(10-13-23)17-5-3-2-4-6-17/h2-8,15,18H,9-14H2,1H3. The van der Waals surface area contributed by atoms with Crippen LogP contribution in [0.2, 0.25) is 0 Å². The average molecular weight is 348 g/mol. The molecule has 2 aromatic rings. The maximum Gasteiger partial charge on any atom is 0.253 e. The van der Waals surface area contributed by atoms with Gasteiger partial charge in [-0.05, 0) is 54.5 Å². The number of carbonyl (C=O) groups excluding carboxylic acids is 2. The molecule has 2 heterocycles. The van der Waals surface area contributed by atoms with Crippen molar-refractivity contribution in [2.45, 2.75) is 32.1 Å². The van der Waals surface area contributed by atoms with Crippen LogP contribution in [0.1, 0.15) is 47.2 Å². The van der Waals surface area contributed by atoms with Gasteiger partial charge in [0.1, 0.15) is 0 Å². The van der Waals surface area contributed by atoms with Gasteiger partial charge in [0.05, 0.1) is 0 Å². The van der Waals surface area contributed by atoms with E-state index in [0.717, 1.165) is 49.2 Å². The van der Waals surface area contributed by atoms with Gasteiger partial charge in [-0.3, -0.25) is 9.59 Å². The van der Waals surface area contributed by atoms with Crippen LogP contribution in [-0.4, -0.2) is 36.3 Å². The molecule has 2 aromatic carbocycles. The van der Waals surface area contributed by atoms with E-state index in [1.165, 1.54) is 5.56 Å². The Hall–Kier alpha value is -2.62. The van der Waals surface area contributed by atoms with E-state index in [0.29, 0.717) is 12.5 Å². The molecule has 1 saturated heterocycles. The van der Waals surface area contributed by atoms with E-state index >= 15 is 0 Å². The summed E-state index contributed by atoms with van der Waals surface area (Å²) in [5.74, 6) is 0.718. The van der Waals surface area contributed by atoms with Gasteiger partial charge >= 0.3 is 0 Å². The third-order valence-corrected chi connectivity index (χ3v) is 5.66. The summed E-state index contributed by atoms with van der Waals surface area (Å²) in [4.78, 5) is 28.3. The van der Waals surface area contributed by atoms with Gasteiger partial charge in [-0.2, -0.15) is 0 Å². The Labute approximate surface area is 154 Å². The second-order valence-electron chi connectivity index (χ2n) is 7.24. The average Bonchev–Trinajstić information content (AvgIpc) is 3.12. The summed E-state index contributed by atoms with van der Waals surface area (Å²) in [7, 11) is 0. The molecule has 0 spiro atoms. The molecule has 2 aliphatic rings. The van der Waals surface area contributed by atoms with Crippen molar-refractivity contribution in [3.8, 4) is 0 Å². The highest BCUT2D eigenvalue weighted by Gasteiger charge is 2.27. The molecule has 2 aliphatic heterocycles. The number of likely N-dealkylation sites (tertiary alicyclic amines) is 1. The van der Waals surface area contributed by atoms with Gasteiger partial charge in [0.15, 0.2) is 0 Å². The number of nitrogens with zero attached hydrogens (tertiary/aromatic N) is 2. The molecule has 4 rings (SSSR count). The first-order chi connectivity index (χ1) is 12.6. The van der Waals surface area contributed by atoms with E-state index < -0.39 is 0 Å². The number of carbonyl (C=O) groups is 2. The SMILES string of the molecule is CC(=O)N1CCc2cc(C(=O)N3CCC(c4ccccc4)CC3)ccc21. The smallest absolute Gasteiger partial charge is 0.253 e. The van der Waals surface area contributed by atoms with Gasteiger partial charge in [-0.1, -0.05) is 30.3 Å². The highest BCUT2D eigenvalue weighted by atomic mass is 16.2. The molecule has 0 radical (unpaired) electrons. The van der Waals surface area contributed by atoms with Gasteiger partial charge < -0.3 is 9.80 Å². The topological polar surface area (TPSA) is 40.6 Å². The summed E-state index contributed by atoms with van der Waals surface area (Å²) < 4.78 is 0. The van der Waals surface area contributed by atoms with E-state index in [9.17, 15) is 9.59 Å².